The van der Waals surface area contributed by atoms with E-state index in [0.29, 0.717) is 0 Å². The van der Waals surface area contributed by atoms with E-state index < -0.39 is 29.9 Å². The summed E-state index contributed by atoms with van der Waals surface area (Å²) in [6.07, 6.45) is -4.88. The summed E-state index contributed by atoms with van der Waals surface area (Å²) in [5.41, 5.74) is -2.39. The number of halogens is 4. The Kier molecular flexibility index (Phi) is 3.37. The lowest BCUT2D eigenvalue weighted by Crippen LogP contribution is -2.52. The van der Waals surface area contributed by atoms with Crippen molar-refractivity contribution in [2.24, 2.45) is 0 Å². The van der Waals surface area contributed by atoms with Crippen LogP contribution in [0.5, 0.6) is 5.75 Å². The molecule has 1 aliphatic rings. The van der Waals surface area contributed by atoms with Gasteiger partial charge in [0.25, 0.3) is 0 Å². The van der Waals surface area contributed by atoms with E-state index >= 15 is 0 Å². The van der Waals surface area contributed by atoms with Gasteiger partial charge >= 0.3 is 6.18 Å². The Morgan fingerprint density at radius 3 is 2.58 bits per heavy atom. The summed E-state index contributed by atoms with van der Waals surface area (Å²) >= 11 is 0. The van der Waals surface area contributed by atoms with Crippen LogP contribution in [-0.4, -0.2) is 24.9 Å². The van der Waals surface area contributed by atoms with Gasteiger partial charge in [-0.2, -0.15) is 18.4 Å². The van der Waals surface area contributed by atoms with Gasteiger partial charge in [-0.25, -0.2) is 4.39 Å². The molecule has 1 aromatic carbocycles. The molecule has 3 nitrogen and oxygen atoms in total. The van der Waals surface area contributed by atoms with Gasteiger partial charge in [0.15, 0.2) is 11.6 Å². The van der Waals surface area contributed by atoms with Gasteiger partial charge < -0.3 is 10.1 Å². The fraction of sp³-hybridized carbons (Fsp3) is 0.417. The molecule has 19 heavy (non-hydrogen) atoms. The Morgan fingerprint density at radius 1 is 1.37 bits per heavy atom. The zero-order chi connectivity index (χ0) is 14.1. The van der Waals surface area contributed by atoms with Crippen LogP contribution < -0.4 is 10.1 Å². The van der Waals surface area contributed by atoms with Crippen molar-refractivity contribution in [3.05, 3.63) is 29.6 Å². The molecule has 1 unspecified atom stereocenters. The normalized spacial score (nSPS) is 23.1. The largest absolute Gasteiger partial charge is 0.473 e. The molecule has 1 N–H and O–H groups in total. The molecule has 1 atom stereocenters. The maximum absolute atomic E-state index is 13.6. The molecule has 0 aliphatic carbocycles. The first-order valence-corrected chi connectivity index (χ1v) is 5.54. The molecular formula is C12H10F4N2O. The first kappa shape index (κ1) is 13.6. The zero-order valence-corrected chi connectivity index (χ0v) is 9.72. The summed E-state index contributed by atoms with van der Waals surface area (Å²) in [5.74, 6) is -1.48. The quantitative estimate of drug-likeness (QED) is 0.842. The van der Waals surface area contributed by atoms with Crippen LogP contribution in [0.4, 0.5) is 17.6 Å². The van der Waals surface area contributed by atoms with Crippen LogP contribution >= 0.6 is 0 Å². The predicted octanol–water partition coefficient (Wildman–Crippen LogP) is 2.37. The van der Waals surface area contributed by atoms with Gasteiger partial charge in [0.1, 0.15) is 0 Å². The Balaban J connectivity index is 2.31. The minimum Gasteiger partial charge on any atom is -0.473 e. The van der Waals surface area contributed by atoms with Gasteiger partial charge in [0.05, 0.1) is 11.6 Å². The van der Waals surface area contributed by atoms with E-state index in [0.717, 1.165) is 12.1 Å². The average Bonchev–Trinajstić information content (AvgIpc) is 2.81. The molecule has 1 saturated heterocycles. The monoisotopic (exact) mass is 274 g/mol. The molecule has 102 valence electrons. The second-order valence-electron chi connectivity index (χ2n) is 4.28. The molecule has 0 amide bonds. The molecule has 1 aromatic rings. The molecule has 0 bridgehead atoms. The third kappa shape index (κ3) is 2.49. The van der Waals surface area contributed by atoms with Crippen LogP contribution in [0.3, 0.4) is 0 Å². The van der Waals surface area contributed by atoms with Gasteiger partial charge in [-0.15, -0.1) is 0 Å². The lowest BCUT2D eigenvalue weighted by Gasteiger charge is -2.31. The van der Waals surface area contributed by atoms with Crippen molar-refractivity contribution in [3.8, 4) is 11.8 Å². The van der Waals surface area contributed by atoms with Gasteiger partial charge in [0, 0.05) is 13.0 Å². The summed E-state index contributed by atoms with van der Waals surface area (Å²) in [7, 11) is 0. The molecule has 1 aliphatic heterocycles. The van der Waals surface area contributed by atoms with Crippen LogP contribution in [0, 0.1) is 17.1 Å². The van der Waals surface area contributed by atoms with E-state index in [2.05, 4.69) is 5.32 Å². The number of nitrogens with one attached hydrogen (secondary N) is 1. The van der Waals surface area contributed by atoms with Crippen molar-refractivity contribution < 1.29 is 22.3 Å². The summed E-state index contributed by atoms with van der Waals surface area (Å²) in [6, 6.07) is 4.80. The van der Waals surface area contributed by atoms with E-state index in [1.54, 1.807) is 6.07 Å². The standard InChI is InChI=1S/C12H10F4N2O/c13-9-5-8(6-17)1-2-10(9)19-11(12(14,15)16)3-4-18-7-11/h1-2,5,18H,3-4,7H2. The molecule has 0 saturated carbocycles. The molecule has 1 fully saturated rings. The first-order chi connectivity index (χ1) is 8.88. The Labute approximate surface area is 106 Å². The molecule has 0 radical (unpaired) electrons. The highest BCUT2D eigenvalue weighted by Gasteiger charge is 2.59. The van der Waals surface area contributed by atoms with E-state index in [9.17, 15) is 17.6 Å². The maximum atomic E-state index is 13.6. The van der Waals surface area contributed by atoms with E-state index in [1.165, 1.54) is 6.07 Å². The minimum atomic E-state index is -4.60. The number of nitrogens with zero attached hydrogens (tertiary/aromatic N) is 1. The summed E-state index contributed by atoms with van der Waals surface area (Å²) in [5, 5.41) is 11.1. The van der Waals surface area contributed by atoms with Crippen molar-refractivity contribution in [3.63, 3.8) is 0 Å². The number of hydrogen-bond acceptors (Lipinski definition) is 3. The fourth-order valence-electron chi connectivity index (χ4n) is 1.92. The lowest BCUT2D eigenvalue weighted by atomic mass is 10.0. The third-order valence-electron chi connectivity index (χ3n) is 3.00. The maximum Gasteiger partial charge on any atom is 0.429 e. The first-order valence-electron chi connectivity index (χ1n) is 5.54. The Morgan fingerprint density at radius 2 is 2.11 bits per heavy atom. The fourth-order valence-corrected chi connectivity index (χ4v) is 1.92. The van der Waals surface area contributed by atoms with Crippen LogP contribution in [0.15, 0.2) is 18.2 Å². The SMILES string of the molecule is N#Cc1ccc(OC2(C(F)(F)F)CCNC2)c(F)c1. The molecule has 1 heterocycles. The number of ether oxygens (including phenoxy) is 1. The summed E-state index contributed by atoms with van der Waals surface area (Å²) in [4.78, 5) is 0. The highest BCUT2D eigenvalue weighted by Crippen LogP contribution is 2.39. The minimum absolute atomic E-state index is 0.0236. The molecular weight excluding hydrogens is 264 g/mol. The summed E-state index contributed by atoms with van der Waals surface area (Å²) in [6.45, 7) is -0.270. The molecule has 0 aromatic heterocycles. The lowest BCUT2D eigenvalue weighted by molar-refractivity contribution is -0.241. The van der Waals surface area contributed by atoms with Crippen molar-refractivity contribution in [1.29, 1.82) is 5.26 Å². The second-order valence-corrected chi connectivity index (χ2v) is 4.28. The molecule has 2 rings (SSSR count). The van der Waals surface area contributed by atoms with Crippen molar-refractivity contribution in [2.75, 3.05) is 13.1 Å². The van der Waals surface area contributed by atoms with Crippen molar-refractivity contribution >= 4 is 0 Å². The van der Waals surface area contributed by atoms with Crippen LogP contribution in [0.1, 0.15) is 12.0 Å². The van der Waals surface area contributed by atoms with Crippen molar-refractivity contribution in [1.82, 2.24) is 5.32 Å². The third-order valence-corrected chi connectivity index (χ3v) is 3.00. The zero-order valence-electron chi connectivity index (χ0n) is 9.72. The smallest absolute Gasteiger partial charge is 0.429 e. The Hall–Kier alpha value is -1.81. The molecule has 0 spiro atoms. The highest BCUT2D eigenvalue weighted by atomic mass is 19.4. The number of benzene rings is 1. The number of alkyl halides is 3. The Bertz CT molecular complexity index is 515. The highest BCUT2D eigenvalue weighted by molar-refractivity contribution is 5.36. The molecule has 7 heteroatoms. The van der Waals surface area contributed by atoms with Crippen molar-refractivity contribution in [2.45, 2.75) is 18.2 Å². The number of hydrogen-bond donors (Lipinski definition) is 1. The van der Waals surface area contributed by atoms with Gasteiger partial charge in [0.2, 0.25) is 5.60 Å². The topological polar surface area (TPSA) is 45.0 Å². The average molecular weight is 274 g/mol. The number of rotatable bonds is 2. The number of nitriles is 1. The van der Waals surface area contributed by atoms with E-state index in [4.69, 9.17) is 10.00 Å². The summed E-state index contributed by atoms with van der Waals surface area (Å²) < 4.78 is 57.6. The van der Waals surface area contributed by atoms with Crippen LogP contribution in [0.25, 0.3) is 0 Å². The van der Waals surface area contributed by atoms with Gasteiger partial charge in [-0.05, 0) is 24.7 Å². The van der Waals surface area contributed by atoms with Crippen LogP contribution in [-0.2, 0) is 0 Å². The van der Waals surface area contributed by atoms with Crippen LogP contribution in [0.2, 0.25) is 0 Å². The second kappa shape index (κ2) is 4.70. The van der Waals surface area contributed by atoms with Gasteiger partial charge in [-0.1, -0.05) is 0 Å². The predicted molar refractivity (Wildman–Crippen MR) is 58.0 cm³/mol. The van der Waals surface area contributed by atoms with E-state index in [1.807, 2.05) is 0 Å². The van der Waals surface area contributed by atoms with E-state index in [-0.39, 0.29) is 18.5 Å². The van der Waals surface area contributed by atoms with Gasteiger partial charge in [-0.3, -0.25) is 0 Å².